The third kappa shape index (κ3) is 9.01. The van der Waals surface area contributed by atoms with Crippen molar-refractivity contribution in [3.63, 3.8) is 0 Å². The summed E-state index contributed by atoms with van der Waals surface area (Å²) in [6, 6.07) is -0.751. The summed E-state index contributed by atoms with van der Waals surface area (Å²) < 4.78 is 20.6. The van der Waals surface area contributed by atoms with Crippen molar-refractivity contribution >= 4 is 23.8 Å². The van der Waals surface area contributed by atoms with E-state index in [1.807, 2.05) is 0 Å². The molecule has 3 N–H and O–H groups in total. The monoisotopic (exact) mass is 362 g/mol. The molecule has 0 saturated carbocycles. The Hall–Kier alpha value is -2.20. The van der Waals surface area contributed by atoms with Crippen LogP contribution in [0.15, 0.2) is 0 Å². The van der Waals surface area contributed by atoms with E-state index >= 15 is 0 Å². The molecule has 3 unspecified atom stereocenters. The van der Waals surface area contributed by atoms with Crippen molar-refractivity contribution in [2.45, 2.75) is 52.0 Å². The second kappa shape index (κ2) is 11.4. The standard InChI is InChI=1S/C15H26N2O8/c1-8(17-13(21)6-16)14(24-10(3)19)15(25-11(4)20)12(22-5)7-23-9(2)18/h8,12,14-15H,6-7,16H2,1-5H3,(H,17,21)/t8-,12?,14?,15?/m0/s1. The Morgan fingerprint density at radius 2 is 1.48 bits per heavy atom. The van der Waals surface area contributed by atoms with Crippen molar-refractivity contribution in [3.05, 3.63) is 0 Å². The molecule has 0 aliphatic rings. The summed E-state index contributed by atoms with van der Waals surface area (Å²) in [6.45, 7) is 4.59. The van der Waals surface area contributed by atoms with Crippen LogP contribution in [0.3, 0.4) is 0 Å². The van der Waals surface area contributed by atoms with Crippen LogP contribution < -0.4 is 11.1 Å². The van der Waals surface area contributed by atoms with Crippen LogP contribution >= 0.6 is 0 Å². The van der Waals surface area contributed by atoms with E-state index in [0.717, 1.165) is 0 Å². The Balaban J connectivity index is 5.55. The average Bonchev–Trinajstić information content (AvgIpc) is 2.50. The molecule has 0 aliphatic heterocycles. The molecule has 0 heterocycles. The Bertz CT molecular complexity index is 482. The lowest BCUT2D eigenvalue weighted by molar-refractivity contribution is -0.185. The third-order valence-corrected chi connectivity index (χ3v) is 3.11. The zero-order valence-electron chi connectivity index (χ0n) is 15.1. The maximum atomic E-state index is 11.5. The highest BCUT2D eigenvalue weighted by atomic mass is 16.6. The highest BCUT2D eigenvalue weighted by Crippen LogP contribution is 2.17. The van der Waals surface area contributed by atoms with Crippen LogP contribution in [0.4, 0.5) is 0 Å². The van der Waals surface area contributed by atoms with E-state index in [1.54, 1.807) is 6.92 Å². The van der Waals surface area contributed by atoms with E-state index < -0.39 is 48.2 Å². The molecular formula is C15H26N2O8. The van der Waals surface area contributed by atoms with Gasteiger partial charge in [0.25, 0.3) is 0 Å². The minimum absolute atomic E-state index is 0.237. The predicted octanol–water partition coefficient (Wildman–Crippen LogP) is -1.11. The Kier molecular flexibility index (Phi) is 10.4. The second-order valence-corrected chi connectivity index (χ2v) is 5.29. The van der Waals surface area contributed by atoms with Gasteiger partial charge < -0.3 is 30.0 Å². The number of carbonyl (C=O) groups is 4. The molecule has 10 nitrogen and oxygen atoms in total. The first kappa shape index (κ1) is 22.8. The van der Waals surface area contributed by atoms with Crippen LogP contribution in [0.2, 0.25) is 0 Å². The maximum Gasteiger partial charge on any atom is 0.303 e. The number of nitrogens with one attached hydrogen (secondary N) is 1. The topological polar surface area (TPSA) is 143 Å². The molecule has 0 rings (SSSR count). The minimum atomic E-state index is -1.13. The van der Waals surface area contributed by atoms with E-state index in [0.29, 0.717) is 0 Å². The van der Waals surface area contributed by atoms with Crippen molar-refractivity contribution in [1.82, 2.24) is 5.32 Å². The van der Waals surface area contributed by atoms with Crippen LogP contribution in [0.25, 0.3) is 0 Å². The lowest BCUT2D eigenvalue weighted by Gasteiger charge is -2.34. The van der Waals surface area contributed by atoms with E-state index in [9.17, 15) is 19.2 Å². The van der Waals surface area contributed by atoms with Gasteiger partial charge >= 0.3 is 17.9 Å². The lowest BCUT2D eigenvalue weighted by Crippen LogP contribution is -2.55. The first-order valence-electron chi connectivity index (χ1n) is 7.62. The molecule has 0 radical (unpaired) electrons. The largest absolute Gasteiger partial charge is 0.463 e. The quantitative estimate of drug-likeness (QED) is 0.365. The second-order valence-electron chi connectivity index (χ2n) is 5.29. The van der Waals surface area contributed by atoms with E-state index in [2.05, 4.69) is 5.32 Å². The van der Waals surface area contributed by atoms with Gasteiger partial charge in [-0.15, -0.1) is 0 Å². The normalized spacial score (nSPS) is 15.3. The smallest absolute Gasteiger partial charge is 0.303 e. The number of hydrogen-bond donors (Lipinski definition) is 2. The Morgan fingerprint density at radius 3 is 1.88 bits per heavy atom. The Labute approximate surface area is 146 Å². The molecule has 0 bridgehead atoms. The first-order chi connectivity index (χ1) is 11.6. The Morgan fingerprint density at radius 1 is 0.960 bits per heavy atom. The van der Waals surface area contributed by atoms with Crippen molar-refractivity contribution in [2.75, 3.05) is 20.3 Å². The minimum Gasteiger partial charge on any atom is -0.463 e. The molecule has 144 valence electrons. The summed E-state index contributed by atoms with van der Waals surface area (Å²) in [5, 5.41) is 2.54. The van der Waals surface area contributed by atoms with Gasteiger partial charge in [-0.2, -0.15) is 0 Å². The van der Waals surface area contributed by atoms with Crippen molar-refractivity contribution in [3.8, 4) is 0 Å². The molecule has 0 spiro atoms. The van der Waals surface area contributed by atoms with Crippen molar-refractivity contribution in [1.29, 1.82) is 0 Å². The summed E-state index contributed by atoms with van der Waals surface area (Å²) in [4.78, 5) is 45.5. The number of rotatable bonds is 10. The van der Waals surface area contributed by atoms with Gasteiger partial charge in [0.15, 0.2) is 12.2 Å². The fourth-order valence-electron chi connectivity index (χ4n) is 2.08. The van der Waals surface area contributed by atoms with Crippen LogP contribution in [-0.2, 0) is 38.1 Å². The molecule has 0 fully saturated rings. The SMILES string of the molecule is COC(COC(C)=O)C(OC(C)=O)C(OC(C)=O)[C@H](C)NC(=O)CN. The molecule has 1 amide bonds. The number of carbonyl (C=O) groups excluding carboxylic acids is 4. The maximum absolute atomic E-state index is 11.5. The van der Waals surface area contributed by atoms with Crippen LogP contribution in [0.5, 0.6) is 0 Å². The van der Waals surface area contributed by atoms with Gasteiger partial charge in [-0.05, 0) is 6.92 Å². The summed E-state index contributed by atoms with van der Waals surface area (Å²) in [5.74, 6) is -2.36. The zero-order chi connectivity index (χ0) is 19.6. The average molecular weight is 362 g/mol. The molecule has 10 heteroatoms. The van der Waals surface area contributed by atoms with Gasteiger partial charge in [-0.1, -0.05) is 0 Å². The highest BCUT2D eigenvalue weighted by molar-refractivity contribution is 5.78. The molecule has 4 atom stereocenters. The van der Waals surface area contributed by atoms with Crippen molar-refractivity contribution in [2.24, 2.45) is 5.73 Å². The van der Waals surface area contributed by atoms with Gasteiger partial charge in [0.2, 0.25) is 5.91 Å². The summed E-state index contributed by atoms with van der Waals surface area (Å²) >= 11 is 0. The van der Waals surface area contributed by atoms with E-state index in [-0.39, 0.29) is 13.2 Å². The van der Waals surface area contributed by atoms with Gasteiger partial charge in [0, 0.05) is 27.9 Å². The summed E-state index contributed by atoms with van der Waals surface area (Å²) in [7, 11) is 1.32. The van der Waals surface area contributed by atoms with E-state index in [1.165, 1.54) is 27.9 Å². The number of nitrogens with two attached hydrogens (primary N) is 1. The fourth-order valence-corrected chi connectivity index (χ4v) is 2.08. The van der Waals surface area contributed by atoms with Gasteiger partial charge in [-0.3, -0.25) is 19.2 Å². The number of hydrogen-bond acceptors (Lipinski definition) is 9. The van der Waals surface area contributed by atoms with Crippen molar-refractivity contribution < 1.29 is 38.1 Å². The number of esters is 3. The lowest BCUT2D eigenvalue weighted by atomic mass is 10.0. The van der Waals surface area contributed by atoms with Crippen LogP contribution in [-0.4, -0.2) is 68.4 Å². The molecule has 25 heavy (non-hydrogen) atoms. The van der Waals surface area contributed by atoms with Crippen LogP contribution in [0, 0.1) is 0 Å². The molecule has 0 saturated heterocycles. The number of methoxy groups -OCH3 is 1. The number of ether oxygens (including phenoxy) is 4. The predicted molar refractivity (Wildman–Crippen MR) is 85.2 cm³/mol. The summed E-state index contributed by atoms with van der Waals surface area (Å²) in [5.41, 5.74) is 5.26. The molecule has 0 aromatic carbocycles. The molecule has 0 aromatic rings. The number of amides is 1. The van der Waals surface area contributed by atoms with Gasteiger partial charge in [-0.25, -0.2) is 0 Å². The molecule has 0 aromatic heterocycles. The highest BCUT2D eigenvalue weighted by Gasteiger charge is 2.39. The van der Waals surface area contributed by atoms with E-state index in [4.69, 9.17) is 24.7 Å². The summed E-state index contributed by atoms with van der Waals surface area (Å²) in [6.07, 6.45) is -3.13. The zero-order valence-corrected chi connectivity index (χ0v) is 15.1. The fraction of sp³-hybridized carbons (Fsp3) is 0.733. The third-order valence-electron chi connectivity index (χ3n) is 3.11. The van der Waals surface area contributed by atoms with Crippen LogP contribution in [0.1, 0.15) is 27.7 Å². The first-order valence-corrected chi connectivity index (χ1v) is 7.62. The molecular weight excluding hydrogens is 336 g/mol. The van der Waals surface area contributed by atoms with Gasteiger partial charge in [0.05, 0.1) is 12.6 Å². The molecule has 0 aliphatic carbocycles. The van der Waals surface area contributed by atoms with Gasteiger partial charge in [0.1, 0.15) is 12.7 Å².